The number of aromatic amines is 1. The number of hydrogen-bond acceptors (Lipinski definition) is 3. The van der Waals surface area contributed by atoms with Crippen molar-refractivity contribution in [2.75, 3.05) is 7.11 Å². The molecule has 0 unspecified atom stereocenters. The molecule has 0 spiro atoms. The molecule has 0 radical (unpaired) electrons. The monoisotopic (exact) mass is 325 g/mol. The Balaban J connectivity index is 2.19. The zero-order valence-electron chi connectivity index (χ0n) is 9.81. The van der Waals surface area contributed by atoms with Gasteiger partial charge in [-0.05, 0) is 53.1 Å². The number of halogens is 1. The van der Waals surface area contributed by atoms with Crippen molar-refractivity contribution in [3.05, 3.63) is 33.3 Å². The molecule has 1 fully saturated rings. The van der Waals surface area contributed by atoms with Gasteiger partial charge in [-0.3, -0.25) is 9.67 Å². The minimum Gasteiger partial charge on any atom is -0.497 e. The Kier molecular flexibility index (Phi) is 2.99. The Morgan fingerprint density at radius 1 is 1.50 bits per heavy atom. The Bertz CT molecular complexity index is 645. The van der Waals surface area contributed by atoms with Crippen LogP contribution in [0, 0.1) is 4.77 Å². The van der Waals surface area contributed by atoms with Crippen LogP contribution in [0.15, 0.2) is 22.7 Å². The topological polar surface area (TPSA) is 42.8 Å². The average molecular weight is 326 g/mol. The third-order valence-corrected chi connectivity index (χ3v) is 3.98. The molecule has 0 atom stereocenters. The summed E-state index contributed by atoms with van der Waals surface area (Å²) < 4.78 is 8.84. The summed E-state index contributed by atoms with van der Waals surface area (Å²) in [5.74, 6) is 2.34. The van der Waals surface area contributed by atoms with Gasteiger partial charge in [0.25, 0.3) is 0 Å². The van der Waals surface area contributed by atoms with E-state index in [0.29, 0.717) is 10.7 Å². The van der Waals surface area contributed by atoms with Gasteiger partial charge in [0.15, 0.2) is 4.77 Å². The minimum atomic E-state index is 0.524. The van der Waals surface area contributed by atoms with Crippen molar-refractivity contribution >= 4 is 28.1 Å². The fourth-order valence-corrected chi connectivity index (χ4v) is 2.61. The predicted molar refractivity (Wildman–Crippen MR) is 75.0 cm³/mol. The summed E-state index contributed by atoms with van der Waals surface area (Å²) in [7, 11) is 1.66. The normalized spacial score (nSPS) is 14.8. The van der Waals surface area contributed by atoms with Crippen LogP contribution < -0.4 is 4.74 Å². The molecule has 0 aliphatic heterocycles. The fraction of sp³-hybridized carbons (Fsp3) is 0.333. The van der Waals surface area contributed by atoms with Crippen LogP contribution in [0.2, 0.25) is 0 Å². The summed E-state index contributed by atoms with van der Waals surface area (Å²) in [5, 5.41) is 7.21. The maximum absolute atomic E-state index is 5.32. The van der Waals surface area contributed by atoms with E-state index in [9.17, 15) is 0 Å². The lowest BCUT2D eigenvalue weighted by Crippen LogP contribution is -2.01. The van der Waals surface area contributed by atoms with Gasteiger partial charge in [-0.15, -0.1) is 0 Å². The van der Waals surface area contributed by atoms with Crippen molar-refractivity contribution in [3.63, 3.8) is 0 Å². The van der Waals surface area contributed by atoms with Crippen molar-refractivity contribution in [2.45, 2.75) is 18.8 Å². The van der Waals surface area contributed by atoms with E-state index in [4.69, 9.17) is 17.0 Å². The molecule has 1 aromatic heterocycles. The molecule has 6 heteroatoms. The highest BCUT2D eigenvalue weighted by atomic mass is 79.9. The van der Waals surface area contributed by atoms with Gasteiger partial charge in [0.2, 0.25) is 0 Å². The van der Waals surface area contributed by atoms with Crippen LogP contribution in [0.4, 0.5) is 0 Å². The predicted octanol–water partition coefficient (Wildman–Crippen LogP) is 3.58. The molecular formula is C12H12BrN3OS. The number of benzene rings is 1. The van der Waals surface area contributed by atoms with Crippen LogP contribution in [0.5, 0.6) is 5.75 Å². The summed E-state index contributed by atoms with van der Waals surface area (Å²) in [6, 6.07) is 5.83. The van der Waals surface area contributed by atoms with Gasteiger partial charge in [0.1, 0.15) is 11.6 Å². The third-order valence-electron chi connectivity index (χ3n) is 3.03. The van der Waals surface area contributed by atoms with Gasteiger partial charge in [0.05, 0.1) is 12.8 Å². The molecular weight excluding hydrogens is 314 g/mol. The molecule has 1 aliphatic carbocycles. The third kappa shape index (κ3) is 1.99. The summed E-state index contributed by atoms with van der Waals surface area (Å²) in [5.41, 5.74) is 0.968. The van der Waals surface area contributed by atoms with Crippen molar-refractivity contribution in [1.82, 2.24) is 14.8 Å². The fourth-order valence-electron chi connectivity index (χ4n) is 1.95. The summed E-state index contributed by atoms with van der Waals surface area (Å²) >= 11 is 8.88. The average Bonchev–Trinajstić information content (AvgIpc) is 3.14. The lowest BCUT2D eigenvalue weighted by atomic mass is 10.3. The number of methoxy groups -OCH3 is 1. The van der Waals surface area contributed by atoms with Crippen molar-refractivity contribution in [2.24, 2.45) is 0 Å². The van der Waals surface area contributed by atoms with E-state index in [-0.39, 0.29) is 0 Å². The lowest BCUT2D eigenvalue weighted by Gasteiger charge is -2.10. The van der Waals surface area contributed by atoms with Gasteiger partial charge in [0, 0.05) is 16.5 Å². The second kappa shape index (κ2) is 4.51. The first-order valence-electron chi connectivity index (χ1n) is 5.72. The molecule has 94 valence electrons. The van der Waals surface area contributed by atoms with E-state index in [0.717, 1.165) is 21.7 Å². The van der Waals surface area contributed by atoms with Crippen molar-refractivity contribution < 1.29 is 4.74 Å². The smallest absolute Gasteiger partial charge is 0.199 e. The van der Waals surface area contributed by atoms with Gasteiger partial charge in [-0.1, -0.05) is 0 Å². The first-order chi connectivity index (χ1) is 8.70. The molecule has 0 amide bonds. The zero-order chi connectivity index (χ0) is 12.7. The number of H-pyrrole nitrogens is 1. The molecule has 1 saturated carbocycles. The van der Waals surface area contributed by atoms with E-state index in [1.54, 1.807) is 7.11 Å². The SMILES string of the molecule is COc1ccc(Br)c(-n2c(C3CC3)n[nH]c2=S)c1. The molecule has 4 nitrogen and oxygen atoms in total. The molecule has 1 aromatic carbocycles. The van der Waals surface area contributed by atoms with Crippen LogP contribution in [-0.4, -0.2) is 21.9 Å². The molecule has 2 aromatic rings. The highest BCUT2D eigenvalue weighted by Crippen LogP contribution is 2.40. The van der Waals surface area contributed by atoms with Crippen LogP contribution in [-0.2, 0) is 0 Å². The first kappa shape index (κ1) is 11.9. The Labute approximate surface area is 118 Å². The Hall–Kier alpha value is -1.14. The lowest BCUT2D eigenvalue weighted by molar-refractivity contribution is 0.414. The summed E-state index contributed by atoms with van der Waals surface area (Å²) in [4.78, 5) is 0. The van der Waals surface area contributed by atoms with Crippen LogP contribution in [0.3, 0.4) is 0 Å². The molecule has 1 heterocycles. The number of ether oxygens (including phenoxy) is 1. The van der Waals surface area contributed by atoms with Gasteiger partial charge >= 0.3 is 0 Å². The highest BCUT2D eigenvalue weighted by Gasteiger charge is 2.30. The highest BCUT2D eigenvalue weighted by molar-refractivity contribution is 9.10. The maximum atomic E-state index is 5.32. The standard InChI is InChI=1S/C12H12BrN3OS/c1-17-8-4-5-9(13)10(6-8)16-11(7-2-3-7)14-15-12(16)18/h4-7H,2-3H2,1H3,(H,15,18). The Morgan fingerprint density at radius 2 is 2.28 bits per heavy atom. The number of rotatable bonds is 3. The largest absolute Gasteiger partial charge is 0.497 e. The molecule has 18 heavy (non-hydrogen) atoms. The molecule has 1 N–H and O–H groups in total. The number of hydrogen-bond donors (Lipinski definition) is 1. The second-order valence-electron chi connectivity index (χ2n) is 4.31. The first-order valence-corrected chi connectivity index (χ1v) is 6.92. The minimum absolute atomic E-state index is 0.524. The number of nitrogens with zero attached hydrogens (tertiary/aromatic N) is 2. The van der Waals surface area contributed by atoms with E-state index >= 15 is 0 Å². The molecule has 3 rings (SSSR count). The number of aromatic nitrogens is 3. The van der Waals surface area contributed by atoms with E-state index in [1.165, 1.54) is 12.8 Å². The number of nitrogens with one attached hydrogen (secondary N) is 1. The zero-order valence-corrected chi connectivity index (χ0v) is 12.2. The summed E-state index contributed by atoms with van der Waals surface area (Å²) in [6.45, 7) is 0. The van der Waals surface area contributed by atoms with Crippen LogP contribution >= 0.6 is 28.1 Å². The van der Waals surface area contributed by atoms with Crippen molar-refractivity contribution in [3.8, 4) is 11.4 Å². The van der Waals surface area contributed by atoms with E-state index < -0.39 is 0 Å². The second-order valence-corrected chi connectivity index (χ2v) is 5.56. The van der Waals surface area contributed by atoms with E-state index in [2.05, 4.69) is 26.1 Å². The van der Waals surface area contributed by atoms with Crippen LogP contribution in [0.25, 0.3) is 5.69 Å². The van der Waals surface area contributed by atoms with Crippen LogP contribution in [0.1, 0.15) is 24.6 Å². The maximum Gasteiger partial charge on any atom is 0.199 e. The Morgan fingerprint density at radius 3 is 2.94 bits per heavy atom. The quantitative estimate of drug-likeness (QED) is 0.877. The summed E-state index contributed by atoms with van der Waals surface area (Å²) in [6.07, 6.45) is 2.36. The van der Waals surface area contributed by atoms with Gasteiger partial charge in [-0.25, -0.2) is 0 Å². The van der Waals surface area contributed by atoms with Crippen molar-refractivity contribution in [1.29, 1.82) is 0 Å². The molecule has 0 saturated heterocycles. The molecule has 1 aliphatic rings. The van der Waals surface area contributed by atoms with Gasteiger partial charge < -0.3 is 4.74 Å². The van der Waals surface area contributed by atoms with E-state index in [1.807, 2.05) is 22.8 Å². The molecule has 0 bridgehead atoms. The van der Waals surface area contributed by atoms with Gasteiger partial charge in [-0.2, -0.15) is 5.10 Å².